The number of para-hydroxylation sites is 1. The maximum absolute atomic E-state index is 13.2. The van der Waals surface area contributed by atoms with E-state index in [1.54, 1.807) is 4.68 Å². The number of morpholine rings is 1. The number of hydrogen-bond acceptors (Lipinski definition) is 7. The molecule has 0 unspecified atom stereocenters. The molecule has 0 atom stereocenters. The maximum atomic E-state index is 13.2. The molecule has 38 heavy (non-hydrogen) atoms. The van der Waals surface area contributed by atoms with Gasteiger partial charge in [0.2, 0.25) is 0 Å². The number of anilines is 1. The molecule has 10 nitrogen and oxygen atoms in total. The van der Waals surface area contributed by atoms with Crippen LogP contribution in [0.15, 0.2) is 29.1 Å². The summed E-state index contributed by atoms with van der Waals surface area (Å²) >= 11 is 0. The summed E-state index contributed by atoms with van der Waals surface area (Å²) in [6.45, 7) is 12.9. The van der Waals surface area contributed by atoms with Gasteiger partial charge in [0.1, 0.15) is 5.82 Å². The molecule has 202 valence electrons. The Labute approximate surface area is 222 Å². The zero-order valence-electron chi connectivity index (χ0n) is 22.9. The molecular formula is C28H38N8O2. The number of nitrogens with zero attached hydrogens (tertiary/aromatic N) is 8. The van der Waals surface area contributed by atoms with Crippen molar-refractivity contribution in [2.45, 2.75) is 46.7 Å². The largest absolute Gasteiger partial charge is 0.378 e. The molecule has 0 N–H and O–H groups in total. The molecule has 2 saturated heterocycles. The van der Waals surface area contributed by atoms with E-state index in [2.05, 4.69) is 28.2 Å². The third-order valence-electron chi connectivity index (χ3n) is 8.36. The first kappa shape index (κ1) is 25.1. The predicted octanol–water partition coefficient (Wildman–Crippen LogP) is 3.19. The van der Waals surface area contributed by atoms with Crippen molar-refractivity contribution in [3.8, 4) is 5.95 Å². The molecule has 0 aliphatic carbocycles. The van der Waals surface area contributed by atoms with E-state index >= 15 is 0 Å². The molecule has 0 saturated carbocycles. The lowest BCUT2D eigenvalue weighted by atomic mass is 9.87. The van der Waals surface area contributed by atoms with Crippen molar-refractivity contribution in [3.63, 3.8) is 0 Å². The van der Waals surface area contributed by atoms with E-state index in [9.17, 15) is 4.79 Å². The minimum Gasteiger partial charge on any atom is -0.378 e. The lowest BCUT2D eigenvalue weighted by Crippen LogP contribution is -2.37. The van der Waals surface area contributed by atoms with Crippen molar-refractivity contribution in [2.24, 2.45) is 18.9 Å². The number of rotatable bonds is 6. The molecule has 2 fully saturated rings. The Morgan fingerprint density at radius 1 is 1.03 bits per heavy atom. The van der Waals surface area contributed by atoms with Crippen LogP contribution in [0.2, 0.25) is 0 Å². The maximum Gasteiger partial charge on any atom is 0.274 e. The second-order valence-electron chi connectivity index (χ2n) is 10.9. The summed E-state index contributed by atoms with van der Waals surface area (Å²) in [5, 5.41) is 0.668. The number of ether oxygens (including phenoxy) is 1. The fraction of sp³-hybridized carbons (Fsp3) is 0.571. The summed E-state index contributed by atoms with van der Waals surface area (Å²) in [4.78, 5) is 33.2. The van der Waals surface area contributed by atoms with Crippen molar-refractivity contribution in [1.29, 1.82) is 0 Å². The van der Waals surface area contributed by atoms with Gasteiger partial charge in [-0.25, -0.2) is 14.3 Å². The quantitative estimate of drug-likeness (QED) is 0.387. The summed E-state index contributed by atoms with van der Waals surface area (Å²) in [7, 11) is 2.05. The summed E-state index contributed by atoms with van der Waals surface area (Å²) in [5.74, 6) is 3.84. The molecule has 3 aromatic heterocycles. The van der Waals surface area contributed by atoms with E-state index in [4.69, 9.17) is 19.7 Å². The highest BCUT2D eigenvalue weighted by Gasteiger charge is 2.27. The molecule has 5 heterocycles. The van der Waals surface area contributed by atoms with E-state index in [-0.39, 0.29) is 5.56 Å². The van der Waals surface area contributed by atoms with E-state index < -0.39 is 0 Å². The molecule has 2 aliphatic rings. The van der Waals surface area contributed by atoms with Crippen LogP contribution in [0.4, 0.5) is 5.82 Å². The van der Waals surface area contributed by atoms with Crippen molar-refractivity contribution in [3.05, 3.63) is 40.4 Å². The Morgan fingerprint density at radius 2 is 1.76 bits per heavy atom. The van der Waals surface area contributed by atoms with Crippen molar-refractivity contribution >= 4 is 27.9 Å². The zero-order chi connectivity index (χ0) is 26.4. The van der Waals surface area contributed by atoms with Gasteiger partial charge in [-0.15, -0.1) is 0 Å². The first-order valence-corrected chi connectivity index (χ1v) is 14.0. The monoisotopic (exact) mass is 518 g/mol. The van der Waals surface area contributed by atoms with Crippen molar-refractivity contribution < 1.29 is 4.74 Å². The minimum absolute atomic E-state index is 0.0322. The topological polar surface area (TPSA) is 86.2 Å². The SMILES string of the molecule is CCn1c(=O)c2ccccc2n1-c1nc(N2CCOCC2)c2nc(CN3CCC(C(C)C)CC3)n(C)c2n1. The van der Waals surface area contributed by atoms with Crippen LogP contribution < -0.4 is 10.5 Å². The molecule has 6 rings (SSSR count). The van der Waals surface area contributed by atoms with Crippen LogP contribution >= 0.6 is 0 Å². The highest BCUT2D eigenvalue weighted by molar-refractivity contribution is 5.86. The second-order valence-corrected chi connectivity index (χ2v) is 10.9. The molecule has 0 amide bonds. The van der Waals surface area contributed by atoms with E-state index in [1.165, 1.54) is 12.8 Å². The average Bonchev–Trinajstić information content (AvgIpc) is 3.42. The highest BCUT2D eigenvalue weighted by Crippen LogP contribution is 2.29. The first-order chi connectivity index (χ1) is 18.5. The lowest BCUT2D eigenvalue weighted by Gasteiger charge is -2.33. The molecule has 10 heteroatoms. The summed E-state index contributed by atoms with van der Waals surface area (Å²) in [6, 6.07) is 7.67. The molecule has 2 aliphatic heterocycles. The molecule has 0 spiro atoms. The summed E-state index contributed by atoms with van der Waals surface area (Å²) in [5.41, 5.74) is 2.38. The van der Waals surface area contributed by atoms with Crippen LogP contribution in [0.5, 0.6) is 0 Å². The number of aryl methyl sites for hydroxylation is 1. The molecule has 0 radical (unpaired) electrons. The first-order valence-electron chi connectivity index (χ1n) is 14.0. The Kier molecular flexibility index (Phi) is 6.69. The summed E-state index contributed by atoms with van der Waals surface area (Å²) in [6.07, 6.45) is 2.47. The third kappa shape index (κ3) is 4.29. The molecular weight excluding hydrogens is 480 g/mol. The van der Waals surface area contributed by atoms with E-state index in [1.807, 2.05) is 42.9 Å². The standard InChI is InChI=1S/C28H38N8O2/c1-5-35-27(37)21-8-6-7-9-22(21)36(35)28-30-25-24(26(31-28)34-14-16-38-17-15-34)29-23(32(25)4)18-33-12-10-20(11-13-33)19(2)3/h6-9,19-20H,5,10-18H2,1-4H3. The number of piperidine rings is 1. The van der Waals surface area contributed by atoms with Crippen LogP contribution in [0.3, 0.4) is 0 Å². The van der Waals surface area contributed by atoms with Crippen LogP contribution in [-0.4, -0.2) is 73.2 Å². The molecule has 1 aromatic carbocycles. The minimum atomic E-state index is -0.0322. The van der Waals surface area contributed by atoms with Gasteiger partial charge in [-0.2, -0.15) is 9.97 Å². The van der Waals surface area contributed by atoms with Gasteiger partial charge in [-0.05, 0) is 56.8 Å². The van der Waals surface area contributed by atoms with Gasteiger partial charge in [0.05, 0.1) is 30.7 Å². The number of imidazole rings is 1. The Hall–Kier alpha value is -3.24. The Bertz CT molecular complexity index is 1500. The van der Waals surface area contributed by atoms with Gasteiger partial charge in [-0.3, -0.25) is 9.69 Å². The Balaban J connectivity index is 1.46. The van der Waals surface area contributed by atoms with Gasteiger partial charge in [0, 0.05) is 26.7 Å². The lowest BCUT2D eigenvalue weighted by molar-refractivity contribution is 0.122. The zero-order valence-corrected chi connectivity index (χ0v) is 22.9. The second kappa shape index (κ2) is 10.1. The highest BCUT2D eigenvalue weighted by atomic mass is 16.5. The molecule has 4 aromatic rings. The fourth-order valence-corrected chi connectivity index (χ4v) is 5.99. The van der Waals surface area contributed by atoms with Gasteiger partial charge in [0.15, 0.2) is 17.0 Å². The van der Waals surface area contributed by atoms with E-state index in [0.29, 0.717) is 31.1 Å². The normalized spacial score (nSPS) is 17.9. The van der Waals surface area contributed by atoms with Gasteiger partial charge in [0.25, 0.3) is 11.5 Å². The van der Waals surface area contributed by atoms with Crippen LogP contribution in [0.1, 0.15) is 39.4 Å². The van der Waals surface area contributed by atoms with E-state index in [0.717, 1.165) is 72.9 Å². The summed E-state index contributed by atoms with van der Waals surface area (Å²) < 4.78 is 11.3. The fourth-order valence-electron chi connectivity index (χ4n) is 5.99. The van der Waals surface area contributed by atoms with Gasteiger partial charge in [-0.1, -0.05) is 26.0 Å². The molecule has 0 bridgehead atoms. The van der Waals surface area contributed by atoms with Crippen LogP contribution in [-0.2, 0) is 24.9 Å². The number of aromatic nitrogens is 6. The van der Waals surface area contributed by atoms with Crippen LogP contribution in [0.25, 0.3) is 28.0 Å². The van der Waals surface area contributed by atoms with Crippen molar-refractivity contribution in [2.75, 3.05) is 44.3 Å². The van der Waals surface area contributed by atoms with Crippen LogP contribution in [0, 0.1) is 11.8 Å². The number of likely N-dealkylation sites (tertiary alicyclic amines) is 1. The van der Waals surface area contributed by atoms with Crippen molar-refractivity contribution in [1.82, 2.24) is 33.8 Å². The Morgan fingerprint density at radius 3 is 2.47 bits per heavy atom. The number of benzene rings is 1. The average molecular weight is 519 g/mol. The van der Waals surface area contributed by atoms with Gasteiger partial charge >= 0.3 is 0 Å². The predicted molar refractivity (Wildman–Crippen MR) is 149 cm³/mol. The number of hydrogen-bond donors (Lipinski definition) is 0. The van der Waals surface area contributed by atoms with Gasteiger partial charge < -0.3 is 14.2 Å². The smallest absolute Gasteiger partial charge is 0.274 e. The third-order valence-corrected chi connectivity index (χ3v) is 8.36. The number of fused-ring (bicyclic) bond motifs is 2.